The van der Waals surface area contributed by atoms with Crippen molar-refractivity contribution in [3.63, 3.8) is 0 Å². The number of aliphatic hydroxyl groups is 1. The number of hydrogen-bond acceptors (Lipinski definition) is 4. The molecule has 0 aromatic rings. The van der Waals surface area contributed by atoms with Crippen molar-refractivity contribution >= 4 is 13.7 Å². The quantitative estimate of drug-likeness (QED) is 0.0379. The largest absolute Gasteiger partial charge is 0.469 e. The molecule has 0 aromatic heterocycles. The Morgan fingerprint density at radius 2 is 0.830 bits per heavy atom. The standard InChI is InChI=1S/C39H80NO6P/c1-3-5-7-9-11-13-15-17-19-21-23-25-27-29-31-33-35-39(42)40-37(36-46-47(43,44)45)38(41)34-32-30-28-26-24-22-20-18-16-14-12-10-8-6-4-2/h37-38,41H,3-36H2,1-2H3,(H,40,42)(H2,43,44,45)/t37-,38+/m0/s1. The zero-order valence-electron chi connectivity index (χ0n) is 31.2. The summed E-state index contributed by atoms with van der Waals surface area (Å²) in [6.45, 7) is 4.13. The molecule has 0 rings (SSSR count). The first-order valence-electron chi connectivity index (χ1n) is 20.5. The second-order valence-corrected chi connectivity index (χ2v) is 15.6. The van der Waals surface area contributed by atoms with Crippen LogP contribution in [0.4, 0.5) is 0 Å². The first kappa shape index (κ1) is 46.5. The summed E-state index contributed by atoms with van der Waals surface area (Å²) in [4.78, 5) is 30.9. The van der Waals surface area contributed by atoms with E-state index in [1.165, 1.54) is 161 Å². The minimum atomic E-state index is -4.68. The number of carbonyl (C=O) groups excluding carboxylic acids is 1. The second kappa shape index (κ2) is 35.4. The van der Waals surface area contributed by atoms with Gasteiger partial charge in [0.2, 0.25) is 5.91 Å². The molecule has 0 aliphatic rings. The van der Waals surface area contributed by atoms with Gasteiger partial charge in [0.15, 0.2) is 0 Å². The first-order valence-corrected chi connectivity index (χ1v) is 22.0. The van der Waals surface area contributed by atoms with Crippen LogP contribution in [0.1, 0.15) is 226 Å². The highest BCUT2D eigenvalue weighted by atomic mass is 31.2. The molecule has 4 N–H and O–H groups in total. The van der Waals surface area contributed by atoms with Crippen molar-refractivity contribution in [1.82, 2.24) is 5.32 Å². The number of carbonyl (C=O) groups is 1. The van der Waals surface area contributed by atoms with Crippen molar-refractivity contribution in [2.75, 3.05) is 6.61 Å². The van der Waals surface area contributed by atoms with E-state index < -0.39 is 26.6 Å². The van der Waals surface area contributed by atoms with Gasteiger partial charge in [0.25, 0.3) is 0 Å². The molecule has 282 valence electrons. The summed E-state index contributed by atoms with van der Waals surface area (Å²) in [5.41, 5.74) is 0. The molecule has 0 aliphatic carbocycles. The van der Waals surface area contributed by atoms with E-state index in [2.05, 4.69) is 23.7 Å². The molecule has 47 heavy (non-hydrogen) atoms. The lowest BCUT2D eigenvalue weighted by molar-refractivity contribution is -0.123. The molecular weight excluding hydrogens is 609 g/mol. The van der Waals surface area contributed by atoms with Crippen LogP contribution in [0.15, 0.2) is 0 Å². The van der Waals surface area contributed by atoms with Crippen LogP contribution in [-0.2, 0) is 13.9 Å². The van der Waals surface area contributed by atoms with Gasteiger partial charge in [-0.15, -0.1) is 0 Å². The molecule has 0 saturated heterocycles. The number of amides is 1. The molecule has 0 heterocycles. The summed E-state index contributed by atoms with van der Waals surface area (Å²) in [5.74, 6) is -0.190. The molecular formula is C39H80NO6P. The zero-order chi connectivity index (χ0) is 34.7. The van der Waals surface area contributed by atoms with Crippen molar-refractivity contribution in [3.05, 3.63) is 0 Å². The summed E-state index contributed by atoms with van der Waals surface area (Å²) < 4.78 is 15.9. The van der Waals surface area contributed by atoms with E-state index in [9.17, 15) is 14.5 Å². The van der Waals surface area contributed by atoms with Crippen LogP contribution in [-0.4, -0.2) is 39.6 Å². The lowest BCUT2D eigenvalue weighted by atomic mass is 10.0. The molecule has 7 nitrogen and oxygen atoms in total. The monoisotopic (exact) mass is 690 g/mol. The second-order valence-electron chi connectivity index (χ2n) is 14.3. The average Bonchev–Trinajstić information content (AvgIpc) is 3.04. The topological polar surface area (TPSA) is 116 Å². The van der Waals surface area contributed by atoms with Crippen LogP contribution >= 0.6 is 7.82 Å². The Hall–Kier alpha value is -0.460. The van der Waals surface area contributed by atoms with E-state index in [0.717, 1.165) is 38.5 Å². The Labute approximate surface area is 291 Å². The third kappa shape index (κ3) is 36.6. The van der Waals surface area contributed by atoms with Crippen LogP contribution in [0.5, 0.6) is 0 Å². The molecule has 0 fully saturated rings. The van der Waals surface area contributed by atoms with Crippen molar-refractivity contribution < 1.29 is 28.8 Å². The Bertz CT molecular complexity index is 703. The fourth-order valence-corrected chi connectivity index (χ4v) is 6.82. The predicted molar refractivity (Wildman–Crippen MR) is 200 cm³/mol. The minimum Gasteiger partial charge on any atom is -0.391 e. The van der Waals surface area contributed by atoms with E-state index >= 15 is 0 Å². The van der Waals surface area contributed by atoms with Crippen LogP contribution in [0.2, 0.25) is 0 Å². The Morgan fingerprint density at radius 3 is 1.15 bits per heavy atom. The maximum Gasteiger partial charge on any atom is 0.469 e. The molecule has 0 bridgehead atoms. The van der Waals surface area contributed by atoms with Gasteiger partial charge >= 0.3 is 7.82 Å². The van der Waals surface area contributed by atoms with Crippen molar-refractivity contribution in [2.24, 2.45) is 0 Å². The molecule has 0 radical (unpaired) electrons. The normalized spacial score (nSPS) is 13.2. The molecule has 0 aromatic carbocycles. The zero-order valence-corrected chi connectivity index (χ0v) is 32.1. The Kier molecular flexibility index (Phi) is 35.0. The van der Waals surface area contributed by atoms with Crippen molar-refractivity contribution in [2.45, 2.75) is 238 Å². The third-order valence-electron chi connectivity index (χ3n) is 9.59. The van der Waals surface area contributed by atoms with Gasteiger partial charge in [-0.05, 0) is 12.8 Å². The van der Waals surface area contributed by atoms with Crippen molar-refractivity contribution in [1.29, 1.82) is 0 Å². The third-order valence-corrected chi connectivity index (χ3v) is 10.1. The number of aliphatic hydroxyl groups excluding tert-OH is 1. The van der Waals surface area contributed by atoms with Crippen LogP contribution in [0.25, 0.3) is 0 Å². The lowest BCUT2D eigenvalue weighted by Gasteiger charge is -2.24. The summed E-state index contributed by atoms with van der Waals surface area (Å²) in [7, 11) is -4.68. The van der Waals surface area contributed by atoms with Crippen molar-refractivity contribution in [3.8, 4) is 0 Å². The smallest absolute Gasteiger partial charge is 0.391 e. The number of phosphoric ester groups is 1. The summed E-state index contributed by atoms with van der Waals surface area (Å²) in [6.07, 6.45) is 39.4. The van der Waals surface area contributed by atoms with Gasteiger partial charge in [0, 0.05) is 6.42 Å². The number of hydrogen-bond donors (Lipinski definition) is 4. The molecule has 0 unspecified atom stereocenters. The number of unbranched alkanes of at least 4 members (excludes halogenated alkanes) is 29. The highest BCUT2D eigenvalue weighted by molar-refractivity contribution is 7.46. The molecule has 2 atom stereocenters. The summed E-state index contributed by atoms with van der Waals surface area (Å²) in [5, 5.41) is 13.5. The lowest BCUT2D eigenvalue weighted by Crippen LogP contribution is -2.46. The van der Waals surface area contributed by atoms with E-state index in [4.69, 9.17) is 9.79 Å². The van der Waals surface area contributed by atoms with E-state index in [0.29, 0.717) is 12.8 Å². The minimum absolute atomic E-state index is 0.190. The van der Waals surface area contributed by atoms with Gasteiger partial charge in [-0.3, -0.25) is 9.32 Å². The Balaban J connectivity index is 3.90. The average molecular weight is 690 g/mol. The predicted octanol–water partition coefficient (Wildman–Crippen LogP) is 11.9. The van der Waals surface area contributed by atoms with Gasteiger partial charge in [0.1, 0.15) is 0 Å². The van der Waals surface area contributed by atoms with Crippen LogP contribution in [0.3, 0.4) is 0 Å². The van der Waals surface area contributed by atoms with Crippen LogP contribution in [0, 0.1) is 0 Å². The van der Waals surface area contributed by atoms with Crippen LogP contribution < -0.4 is 5.32 Å². The van der Waals surface area contributed by atoms with E-state index in [1.54, 1.807) is 0 Å². The molecule has 0 aliphatic heterocycles. The maximum absolute atomic E-state index is 12.6. The van der Waals surface area contributed by atoms with Gasteiger partial charge in [-0.2, -0.15) is 0 Å². The summed E-state index contributed by atoms with van der Waals surface area (Å²) >= 11 is 0. The number of nitrogens with one attached hydrogen (secondary N) is 1. The maximum atomic E-state index is 12.6. The molecule has 0 saturated carbocycles. The van der Waals surface area contributed by atoms with Gasteiger partial charge in [-0.1, -0.05) is 206 Å². The molecule has 1 amide bonds. The fourth-order valence-electron chi connectivity index (χ4n) is 6.46. The van der Waals surface area contributed by atoms with Gasteiger partial charge in [0.05, 0.1) is 18.8 Å². The highest BCUT2D eigenvalue weighted by Crippen LogP contribution is 2.36. The SMILES string of the molecule is CCCCCCCCCCCCCCCCCCC(=O)N[C@@H](COP(=O)(O)O)[C@H](O)CCCCCCCCCCCCCCCCC. The first-order chi connectivity index (χ1) is 22.8. The van der Waals surface area contributed by atoms with Gasteiger partial charge in [-0.25, -0.2) is 4.57 Å². The number of rotatable bonds is 38. The molecule has 0 spiro atoms. The number of phosphoric acid groups is 1. The fraction of sp³-hybridized carbons (Fsp3) is 0.974. The highest BCUT2D eigenvalue weighted by Gasteiger charge is 2.25. The van der Waals surface area contributed by atoms with Gasteiger partial charge < -0.3 is 20.2 Å². The Morgan fingerprint density at radius 1 is 0.532 bits per heavy atom. The molecule has 8 heteroatoms. The van der Waals surface area contributed by atoms with E-state index in [-0.39, 0.29) is 5.91 Å². The van der Waals surface area contributed by atoms with E-state index in [1.807, 2.05) is 0 Å². The summed E-state index contributed by atoms with van der Waals surface area (Å²) in [6, 6.07) is -0.817.